The highest BCUT2D eigenvalue weighted by Crippen LogP contribution is 2.20. The predicted molar refractivity (Wildman–Crippen MR) is 79.7 cm³/mol. The molecule has 0 aliphatic heterocycles. The smallest absolute Gasteiger partial charge is 0.137 e. The van der Waals surface area contributed by atoms with Gasteiger partial charge < -0.3 is 9.88 Å². The van der Waals surface area contributed by atoms with Crippen molar-refractivity contribution in [1.29, 1.82) is 0 Å². The van der Waals surface area contributed by atoms with Crippen molar-refractivity contribution >= 4 is 16.7 Å². The van der Waals surface area contributed by atoms with Gasteiger partial charge in [0.15, 0.2) is 0 Å². The highest BCUT2D eigenvalue weighted by molar-refractivity contribution is 5.79. The van der Waals surface area contributed by atoms with E-state index < -0.39 is 0 Å². The number of fused-ring (bicyclic) bond motifs is 1. The summed E-state index contributed by atoms with van der Waals surface area (Å²) in [5, 5.41) is 1.21. The lowest BCUT2D eigenvalue weighted by atomic mass is 10.0. The van der Waals surface area contributed by atoms with Gasteiger partial charge >= 0.3 is 0 Å². The van der Waals surface area contributed by atoms with Gasteiger partial charge in [-0.15, -0.1) is 0 Å². The molecule has 3 nitrogen and oxygen atoms in total. The number of pyridine rings is 1. The SMILES string of the molecule is CN(C)c1ccc(Cc2c[nH]c3ncccc23)cc1. The van der Waals surface area contributed by atoms with Gasteiger partial charge in [-0.25, -0.2) is 4.98 Å². The molecular formula is C16H17N3. The third-order valence-corrected chi connectivity index (χ3v) is 3.38. The van der Waals surface area contributed by atoms with Crippen molar-refractivity contribution in [2.24, 2.45) is 0 Å². The molecule has 3 aromatic rings. The Balaban J connectivity index is 1.88. The lowest BCUT2D eigenvalue weighted by Crippen LogP contribution is -2.08. The summed E-state index contributed by atoms with van der Waals surface area (Å²) in [6.07, 6.45) is 4.80. The van der Waals surface area contributed by atoms with Gasteiger partial charge in [0.05, 0.1) is 0 Å². The van der Waals surface area contributed by atoms with E-state index in [1.54, 1.807) is 0 Å². The number of nitrogens with zero attached hydrogens (tertiary/aromatic N) is 2. The van der Waals surface area contributed by atoms with E-state index in [9.17, 15) is 0 Å². The van der Waals surface area contributed by atoms with Crippen molar-refractivity contribution in [2.75, 3.05) is 19.0 Å². The normalized spacial score (nSPS) is 10.8. The quantitative estimate of drug-likeness (QED) is 0.775. The summed E-state index contributed by atoms with van der Waals surface area (Å²) in [6, 6.07) is 12.8. The van der Waals surface area contributed by atoms with Crippen molar-refractivity contribution in [2.45, 2.75) is 6.42 Å². The maximum absolute atomic E-state index is 4.32. The number of hydrogen-bond donors (Lipinski definition) is 1. The summed E-state index contributed by atoms with van der Waals surface area (Å²) < 4.78 is 0. The van der Waals surface area contributed by atoms with Crippen LogP contribution in [-0.4, -0.2) is 24.1 Å². The van der Waals surface area contributed by atoms with Gasteiger partial charge in [0, 0.05) is 37.6 Å². The first-order chi connectivity index (χ1) is 9.24. The van der Waals surface area contributed by atoms with Crippen LogP contribution in [0.2, 0.25) is 0 Å². The van der Waals surface area contributed by atoms with Gasteiger partial charge in [0.25, 0.3) is 0 Å². The average Bonchev–Trinajstić information content (AvgIpc) is 2.83. The largest absolute Gasteiger partial charge is 0.378 e. The van der Waals surface area contributed by atoms with Crippen LogP contribution >= 0.6 is 0 Å². The minimum absolute atomic E-state index is 0.930. The Morgan fingerprint density at radius 1 is 1.11 bits per heavy atom. The van der Waals surface area contributed by atoms with Crippen LogP contribution < -0.4 is 4.90 Å². The Morgan fingerprint density at radius 3 is 2.63 bits per heavy atom. The monoisotopic (exact) mass is 251 g/mol. The molecule has 0 unspecified atom stereocenters. The molecule has 0 radical (unpaired) electrons. The maximum Gasteiger partial charge on any atom is 0.137 e. The third-order valence-electron chi connectivity index (χ3n) is 3.38. The fourth-order valence-electron chi connectivity index (χ4n) is 2.29. The molecule has 0 amide bonds. The summed E-state index contributed by atoms with van der Waals surface area (Å²) in [4.78, 5) is 9.65. The number of aromatic nitrogens is 2. The Hall–Kier alpha value is -2.29. The summed E-state index contributed by atoms with van der Waals surface area (Å²) in [5.74, 6) is 0. The van der Waals surface area contributed by atoms with Crippen LogP contribution in [0.15, 0.2) is 48.8 Å². The zero-order valence-corrected chi connectivity index (χ0v) is 11.2. The van der Waals surface area contributed by atoms with Crippen LogP contribution in [0.4, 0.5) is 5.69 Å². The first-order valence-corrected chi connectivity index (χ1v) is 6.41. The third kappa shape index (κ3) is 2.32. The van der Waals surface area contributed by atoms with E-state index in [0.29, 0.717) is 0 Å². The fourth-order valence-corrected chi connectivity index (χ4v) is 2.29. The Labute approximate surface area is 112 Å². The maximum atomic E-state index is 4.32. The molecule has 3 rings (SSSR count). The second-order valence-electron chi connectivity index (χ2n) is 4.95. The molecule has 19 heavy (non-hydrogen) atoms. The van der Waals surface area contributed by atoms with E-state index in [-0.39, 0.29) is 0 Å². The number of benzene rings is 1. The number of rotatable bonds is 3. The number of aromatic amines is 1. The van der Waals surface area contributed by atoms with Crippen LogP contribution in [0.3, 0.4) is 0 Å². The van der Waals surface area contributed by atoms with Crippen LogP contribution in [0.25, 0.3) is 11.0 Å². The first-order valence-electron chi connectivity index (χ1n) is 6.41. The summed E-state index contributed by atoms with van der Waals surface area (Å²) >= 11 is 0. The Bertz CT molecular complexity index is 681. The number of nitrogens with one attached hydrogen (secondary N) is 1. The van der Waals surface area contributed by atoms with Gasteiger partial charge in [-0.3, -0.25) is 0 Å². The van der Waals surface area contributed by atoms with E-state index in [1.807, 2.05) is 12.3 Å². The molecule has 1 N–H and O–H groups in total. The van der Waals surface area contributed by atoms with E-state index in [4.69, 9.17) is 0 Å². The Kier molecular flexibility index (Phi) is 2.95. The number of hydrogen-bond acceptors (Lipinski definition) is 2. The standard InChI is InChI=1S/C16H17N3/c1-19(2)14-7-5-12(6-8-14)10-13-11-18-16-15(13)4-3-9-17-16/h3-9,11H,10H2,1-2H3,(H,17,18). The minimum atomic E-state index is 0.930. The molecule has 0 aliphatic rings. The molecule has 0 spiro atoms. The molecule has 0 saturated heterocycles. The molecule has 0 saturated carbocycles. The van der Waals surface area contributed by atoms with Crippen molar-refractivity contribution < 1.29 is 0 Å². The summed E-state index contributed by atoms with van der Waals surface area (Å²) in [6.45, 7) is 0. The van der Waals surface area contributed by atoms with E-state index in [0.717, 1.165) is 12.1 Å². The van der Waals surface area contributed by atoms with Crippen molar-refractivity contribution in [3.8, 4) is 0 Å². The second kappa shape index (κ2) is 4.76. The molecule has 0 aliphatic carbocycles. The van der Waals surface area contributed by atoms with E-state index in [1.165, 1.54) is 22.2 Å². The highest BCUT2D eigenvalue weighted by atomic mass is 15.1. The van der Waals surface area contributed by atoms with E-state index >= 15 is 0 Å². The number of anilines is 1. The molecule has 2 aromatic heterocycles. The van der Waals surface area contributed by atoms with Gasteiger partial charge in [-0.2, -0.15) is 0 Å². The van der Waals surface area contributed by atoms with Crippen molar-refractivity contribution in [1.82, 2.24) is 9.97 Å². The minimum Gasteiger partial charge on any atom is -0.378 e. The zero-order valence-electron chi connectivity index (χ0n) is 11.2. The predicted octanol–water partition coefficient (Wildman–Crippen LogP) is 3.22. The zero-order chi connectivity index (χ0) is 13.2. The summed E-state index contributed by atoms with van der Waals surface area (Å²) in [7, 11) is 4.11. The molecule has 0 fully saturated rings. The summed E-state index contributed by atoms with van der Waals surface area (Å²) in [5.41, 5.74) is 4.79. The molecular weight excluding hydrogens is 234 g/mol. The topological polar surface area (TPSA) is 31.9 Å². The second-order valence-corrected chi connectivity index (χ2v) is 4.95. The average molecular weight is 251 g/mol. The highest BCUT2D eigenvalue weighted by Gasteiger charge is 2.05. The molecule has 96 valence electrons. The van der Waals surface area contributed by atoms with Crippen molar-refractivity contribution in [3.05, 3.63) is 59.9 Å². The lowest BCUT2D eigenvalue weighted by Gasteiger charge is -2.12. The van der Waals surface area contributed by atoms with Gasteiger partial charge in [-0.1, -0.05) is 12.1 Å². The van der Waals surface area contributed by atoms with Crippen molar-refractivity contribution in [3.63, 3.8) is 0 Å². The number of H-pyrrole nitrogens is 1. The van der Waals surface area contributed by atoms with Crippen LogP contribution in [0, 0.1) is 0 Å². The molecule has 3 heteroatoms. The van der Waals surface area contributed by atoms with Crippen LogP contribution in [0.5, 0.6) is 0 Å². The van der Waals surface area contributed by atoms with E-state index in [2.05, 4.69) is 65.5 Å². The molecule has 2 heterocycles. The van der Waals surface area contributed by atoms with Gasteiger partial charge in [0.1, 0.15) is 5.65 Å². The fraction of sp³-hybridized carbons (Fsp3) is 0.188. The van der Waals surface area contributed by atoms with Gasteiger partial charge in [-0.05, 0) is 41.8 Å². The molecule has 0 atom stereocenters. The Morgan fingerprint density at radius 2 is 1.89 bits per heavy atom. The molecule has 1 aromatic carbocycles. The first kappa shape index (κ1) is 11.8. The van der Waals surface area contributed by atoms with Crippen LogP contribution in [-0.2, 0) is 6.42 Å². The van der Waals surface area contributed by atoms with Crippen LogP contribution in [0.1, 0.15) is 11.1 Å². The molecule has 0 bridgehead atoms. The lowest BCUT2D eigenvalue weighted by molar-refractivity contribution is 1.12. The van der Waals surface area contributed by atoms with Gasteiger partial charge in [0.2, 0.25) is 0 Å².